The highest BCUT2D eigenvalue weighted by Crippen LogP contribution is 2.52. The van der Waals surface area contributed by atoms with Gasteiger partial charge in [-0.25, -0.2) is 0 Å². The van der Waals surface area contributed by atoms with E-state index in [0.717, 1.165) is 17.1 Å². The van der Waals surface area contributed by atoms with Crippen molar-refractivity contribution in [3.05, 3.63) is 223 Å². The van der Waals surface area contributed by atoms with E-state index in [1.54, 1.807) is 0 Å². The third-order valence-electron chi connectivity index (χ3n) is 12.3. The van der Waals surface area contributed by atoms with E-state index in [4.69, 9.17) is 0 Å². The lowest BCUT2D eigenvalue weighted by atomic mass is 9.81. The summed E-state index contributed by atoms with van der Waals surface area (Å²) in [6.07, 6.45) is 0. The van der Waals surface area contributed by atoms with Gasteiger partial charge in [0.05, 0.1) is 0 Å². The molecule has 0 aliphatic heterocycles. The summed E-state index contributed by atoms with van der Waals surface area (Å²) in [6, 6.07) is 77.9. The molecule has 59 heavy (non-hydrogen) atoms. The second-order valence-electron chi connectivity index (χ2n) is 16.2. The molecule has 0 saturated carbocycles. The van der Waals surface area contributed by atoms with Crippen LogP contribution in [0.4, 0.5) is 17.1 Å². The molecule has 0 unspecified atom stereocenters. The quantitative estimate of drug-likeness (QED) is 0.156. The second kappa shape index (κ2) is 14.1. The summed E-state index contributed by atoms with van der Waals surface area (Å²) in [4.78, 5) is 2.39. The number of rotatable bonds is 7. The SMILES string of the molecule is CC1(C)c2cc(-c3ccc4sc5ccc(-c6ccccc6)cc5c4c3)ccc2-c2ccc(N(c3ccccc3)c3ccc(-c4ccc(-c5ccccc5)cc4)cc3)cc21. The van der Waals surface area contributed by atoms with E-state index in [2.05, 4.69) is 231 Å². The lowest BCUT2D eigenvalue weighted by Gasteiger charge is -2.28. The summed E-state index contributed by atoms with van der Waals surface area (Å²) in [5, 5.41) is 2.65. The van der Waals surface area contributed by atoms with Crippen molar-refractivity contribution in [2.24, 2.45) is 0 Å². The first kappa shape index (κ1) is 35.2. The molecular weight excluding hydrogens is 731 g/mol. The Morgan fingerprint density at radius 2 is 0.695 bits per heavy atom. The zero-order valence-corrected chi connectivity index (χ0v) is 33.9. The molecule has 0 saturated heterocycles. The van der Waals surface area contributed by atoms with Crippen LogP contribution in [0.25, 0.3) is 75.8 Å². The van der Waals surface area contributed by atoms with Gasteiger partial charge in [0.15, 0.2) is 0 Å². The summed E-state index contributed by atoms with van der Waals surface area (Å²) >= 11 is 1.88. The summed E-state index contributed by atoms with van der Waals surface area (Å²) in [5.74, 6) is 0. The highest BCUT2D eigenvalue weighted by Gasteiger charge is 2.36. The largest absolute Gasteiger partial charge is 0.310 e. The molecule has 0 atom stereocenters. The van der Waals surface area contributed by atoms with Crippen LogP contribution < -0.4 is 4.90 Å². The Bertz CT molecular complexity index is 3140. The standard InChI is InChI=1S/C57H41NS/c1-57(2)53-36-45(44-26-33-56-52(35-44)51-34-43(25-32-55(51)59-56)39-14-8-4-9-15-39)24-30-49(53)50-31-29-48(37-54(50)57)58(46-16-10-5-11-17-46)47-27-22-42(23-28-47)41-20-18-40(19-21-41)38-12-6-3-7-13-38/h3-37H,1-2H3. The van der Waals surface area contributed by atoms with E-state index in [0.29, 0.717) is 0 Å². The molecule has 1 aromatic heterocycles. The van der Waals surface area contributed by atoms with Crippen LogP contribution in [0.5, 0.6) is 0 Å². The Balaban J connectivity index is 0.926. The van der Waals surface area contributed by atoms with E-state index in [1.165, 1.54) is 86.9 Å². The van der Waals surface area contributed by atoms with Crippen molar-refractivity contribution < 1.29 is 0 Å². The molecule has 0 N–H and O–H groups in total. The minimum Gasteiger partial charge on any atom is -0.310 e. The van der Waals surface area contributed by atoms with E-state index in [-0.39, 0.29) is 5.41 Å². The molecular formula is C57H41NS. The summed E-state index contributed by atoms with van der Waals surface area (Å²) < 4.78 is 2.65. The molecule has 0 spiro atoms. The van der Waals surface area contributed by atoms with Gasteiger partial charge in [-0.05, 0) is 133 Å². The van der Waals surface area contributed by atoms with Crippen LogP contribution in [-0.2, 0) is 5.41 Å². The highest BCUT2D eigenvalue weighted by molar-refractivity contribution is 7.25. The second-order valence-corrected chi connectivity index (χ2v) is 17.3. The molecule has 10 aromatic rings. The summed E-state index contributed by atoms with van der Waals surface area (Å²) in [5.41, 5.74) is 18.5. The van der Waals surface area contributed by atoms with Crippen LogP contribution in [0.1, 0.15) is 25.0 Å². The fourth-order valence-electron chi connectivity index (χ4n) is 9.12. The monoisotopic (exact) mass is 771 g/mol. The van der Waals surface area contributed by atoms with E-state index < -0.39 is 0 Å². The van der Waals surface area contributed by atoms with Gasteiger partial charge >= 0.3 is 0 Å². The van der Waals surface area contributed by atoms with Crippen molar-refractivity contribution in [2.45, 2.75) is 19.3 Å². The molecule has 9 aromatic carbocycles. The first-order valence-corrected chi connectivity index (χ1v) is 21.2. The van der Waals surface area contributed by atoms with Crippen molar-refractivity contribution in [2.75, 3.05) is 4.90 Å². The molecule has 2 heteroatoms. The number of hydrogen-bond donors (Lipinski definition) is 0. The molecule has 1 aliphatic rings. The lowest BCUT2D eigenvalue weighted by Crippen LogP contribution is -2.16. The summed E-state index contributed by atoms with van der Waals surface area (Å²) in [7, 11) is 0. The van der Waals surface area contributed by atoms with Crippen molar-refractivity contribution in [3.8, 4) is 55.6 Å². The Morgan fingerprint density at radius 1 is 0.322 bits per heavy atom. The van der Waals surface area contributed by atoms with Crippen LogP contribution in [-0.4, -0.2) is 0 Å². The van der Waals surface area contributed by atoms with Gasteiger partial charge in [-0.15, -0.1) is 11.3 Å². The molecule has 11 rings (SSSR count). The fraction of sp³-hybridized carbons (Fsp3) is 0.0526. The molecule has 280 valence electrons. The number of anilines is 3. The van der Waals surface area contributed by atoms with E-state index in [1.807, 2.05) is 11.3 Å². The zero-order valence-electron chi connectivity index (χ0n) is 33.1. The molecule has 0 amide bonds. The highest BCUT2D eigenvalue weighted by atomic mass is 32.1. The van der Waals surface area contributed by atoms with Gasteiger partial charge < -0.3 is 4.90 Å². The third-order valence-corrected chi connectivity index (χ3v) is 13.4. The van der Waals surface area contributed by atoms with Crippen molar-refractivity contribution in [1.82, 2.24) is 0 Å². The predicted octanol–water partition coefficient (Wildman–Crippen LogP) is 16.5. The van der Waals surface area contributed by atoms with Gasteiger partial charge in [0, 0.05) is 42.6 Å². The fourth-order valence-corrected chi connectivity index (χ4v) is 10.2. The average molecular weight is 772 g/mol. The van der Waals surface area contributed by atoms with Crippen LogP contribution >= 0.6 is 11.3 Å². The lowest BCUT2D eigenvalue weighted by molar-refractivity contribution is 0.660. The van der Waals surface area contributed by atoms with Crippen LogP contribution in [0.2, 0.25) is 0 Å². The van der Waals surface area contributed by atoms with E-state index >= 15 is 0 Å². The first-order chi connectivity index (χ1) is 29.0. The Labute approximate surface area is 350 Å². The number of benzene rings is 9. The molecule has 0 radical (unpaired) electrons. The number of para-hydroxylation sites is 1. The van der Waals surface area contributed by atoms with Gasteiger partial charge in [-0.1, -0.05) is 159 Å². The molecule has 0 bridgehead atoms. The van der Waals surface area contributed by atoms with Crippen molar-refractivity contribution in [1.29, 1.82) is 0 Å². The maximum Gasteiger partial charge on any atom is 0.0465 e. The Hall–Kier alpha value is -7.00. The summed E-state index contributed by atoms with van der Waals surface area (Å²) in [6.45, 7) is 4.77. The van der Waals surface area contributed by atoms with Crippen molar-refractivity contribution in [3.63, 3.8) is 0 Å². The minimum atomic E-state index is -0.182. The molecule has 0 fully saturated rings. The van der Waals surface area contributed by atoms with E-state index in [9.17, 15) is 0 Å². The Kier molecular flexibility index (Phi) is 8.43. The zero-order chi connectivity index (χ0) is 39.5. The normalized spacial score (nSPS) is 12.7. The minimum absolute atomic E-state index is 0.182. The topological polar surface area (TPSA) is 3.24 Å². The predicted molar refractivity (Wildman–Crippen MR) is 253 cm³/mol. The number of nitrogens with zero attached hydrogens (tertiary/aromatic N) is 1. The molecule has 1 heterocycles. The number of hydrogen-bond acceptors (Lipinski definition) is 2. The molecule has 1 nitrogen and oxygen atoms in total. The third kappa shape index (κ3) is 6.16. The van der Waals surface area contributed by atoms with Crippen LogP contribution in [0.3, 0.4) is 0 Å². The Morgan fingerprint density at radius 3 is 1.27 bits per heavy atom. The smallest absolute Gasteiger partial charge is 0.0465 e. The van der Waals surface area contributed by atoms with Gasteiger partial charge in [0.1, 0.15) is 0 Å². The average Bonchev–Trinajstić information content (AvgIpc) is 3.78. The van der Waals surface area contributed by atoms with Gasteiger partial charge in [0.25, 0.3) is 0 Å². The van der Waals surface area contributed by atoms with Gasteiger partial charge in [-0.3, -0.25) is 0 Å². The van der Waals surface area contributed by atoms with Crippen molar-refractivity contribution >= 4 is 48.6 Å². The van der Waals surface area contributed by atoms with Crippen LogP contribution in [0, 0.1) is 0 Å². The van der Waals surface area contributed by atoms with Crippen LogP contribution in [0.15, 0.2) is 212 Å². The maximum absolute atomic E-state index is 2.44. The number of fused-ring (bicyclic) bond motifs is 6. The number of thiophene rings is 1. The first-order valence-electron chi connectivity index (χ1n) is 20.4. The van der Waals surface area contributed by atoms with Gasteiger partial charge in [0.2, 0.25) is 0 Å². The van der Waals surface area contributed by atoms with Gasteiger partial charge in [-0.2, -0.15) is 0 Å². The maximum atomic E-state index is 2.44. The molecule has 1 aliphatic carbocycles.